The Balaban J connectivity index is 1.20. The zero-order chi connectivity index (χ0) is 29.4. The zero-order valence-electron chi connectivity index (χ0n) is 26.2. The monoisotopic (exact) mass is 560 g/mol. The number of ether oxygens (including phenoxy) is 1. The molecule has 0 aliphatic heterocycles. The molecule has 6 rings (SSSR count). The molecule has 0 unspecified atom stereocenters. The van der Waals surface area contributed by atoms with Gasteiger partial charge in [0.15, 0.2) is 11.5 Å². The second kappa shape index (κ2) is 9.91. The maximum atomic E-state index is 12.9. The fourth-order valence-corrected chi connectivity index (χ4v) is 11.3. The van der Waals surface area contributed by atoms with Gasteiger partial charge in [-0.05, 0) is 127 Å². The first kappa shape index (κ1) is 28.9. The summed E-state index contributed by atoms with van der Waals surface area (Å²) in [4.78, 5) is 12.9. The highest BCUT2D eigenvalue weighted by atomic mass is 16.5. The lowest BCUT2D eigenvalue weighted by Crippen LogP contribution is -2.61. The second-order valence-corrected chi connectivity index (χ2v) is 16.1. The second-order valence-electron chi connectivity index (χ2n) is 16.1. The molecule has 41 heavy (non-hydrogen) atoms. The highest BCUT2D eigenvalue weighted by molar-refractivity contribution is 5.87. The molecule has 0 aromatic heterocycles. The van der Waals surface area contributed by atoms with Crippen LogP contribution in [-0.2, 0) is 9.53 Å². The predicted molar refractivity (Wildman–Crippen MR) is 164 cm³/mol. The Bertz CT molecular complexity index is 1260. The van der Waals surface area contributed by atoms with E-state index in [2.05, 4.69) is 47.6 Å². The lowest BCUT2D eigenvalue weighted by atomic mass is 9.37. The van der Waals surface area contributed by atoms with E-state index in [-0.39, 0.29) is 34.4 Å². The average Bonchev–Trinajstić information content (AvgIpc) is 2.91. The van der Waals surface area contributed by atoms with E-state index in [0.717, 1.165) is 30.6 Å². The third kappa shape index (κ3) is 4.58. The third-order valence-electron chi connectivity index (χ3n) is 13.5. The van der Waals surface area contributed by atoms with Gasteiger partial charge in [-0.15, -0.1) is 0 Å². The van der Waals surface area contributed by atoms with E-state index in [1.165, 1.54) is 69.6 Å². The number of carbonyl (C=O) groups excluding carboxylic acids is 1. The van der Waals surface area contributed by atoms with Crippen molar-refractivity contribution in [3.8, 4) is 11.5 Å². The van der Waals surface area contributed by atoms with Crippen molar-refractivity contribution in [2.24, 2.45) is 51.2 Å². The number of carbonyl (C=O) groups is 1. The highest BCUT2D eigenvalue weighted by Gasteiger charge is 2.64. The lowest BCUT2D eigenvalue weighted by molar-refractivity contribution is -0.192. The van der Waals surface area contributed by atoms with Gasteiger partial charge in [0.25, 0.3) is 0 Å². The molecule has 9 atom stereocenters. The van der Waals surface area contributed by atoms with Crippen LogP contribution in [0.15, 0.2) is 35.9 Å². The molecule has 4 heteroatoms. The molecule has 224 valence electrons. The number of hydrogen-bond donors (Lipinski definition) is 2. The SMILES string of the molecule is C[C@H]1CC[C@]2(C)CC=C3[C@H](CC[C@@H]4[C@@]5(C)CC[C@@H](OC(=O)/C=C/c6ccc(O)c(O)c6)C(C)(C)[C@@H]5CC[C@@]34C)[C@H]2C1. The molecule has 0 radical (unpaired) electrons. The van der Waals surface area contributed by atoms with Crippen LogP contribution < -0.4 is 0 Å². The van der Waals surface area contributed by atoms with Crippen molar-refractivity contribution in [2.75, 3.05) is 0 Å². The predicted octanol–water partition coefficient (Wildman–Crippen LogP) is 9.06. The summed E-state index contributed by atoms with van der Waals surface area (Å²) >= 11 is 0. The van der Waals surface area contributed by atoms with Crippen molar-refractivity contribution in [1.82, 2.24) is 0 Å². The first-order valence-corrected chi connectivity index (χ1v) is 16.4. The first-order chi connectivity index (χ1) is 19.3. The molecule has 2 N–H and O–H groups in total. The van der Waals surface area contributed by atoms with Crippen LogP contribution in [-0.4, -0.2) is 22.3 Å². The minimum absolute atomic E-state index is 0.0934. The van der Waals surface area contributed by atoms with E-state index < -0.39 is 0 Å². The smallest absolute Gasteiger partial charge is 0.331 e. The Kier molecular flexibility index (Phi) is 6.98. The van der Waals surface area contributed by atoms with Crippen LogP contribution >= 0.6 is 0 Å². The van der Waals surface area contributed by atoms with Crippen molar-refractivity contribution in [2.45, 2.75) is 112 Å². The van der Waals surface area contributed by atoms with Crippen LogP contribution in [0, 0.1) is 51.2 Å². The van der Waals surface area contributed by atoms with Crippen LogP contribution in [0.2, 0.25) is 0 Å². The number of hydrogen-bond acceptors (Lipinski definition) is 4. The number of fused-ring (bicyclic) bond motifs is 7. The maximum Gasteiger partial charge on any atom is 0.331 e. The summed E-state index contributed by atoms with van der Waals surface area (Å²) in [7, 11) is 0. The van der Waals surface area contributed by atoms with Gasteiger partial charge >= 0.3 is 5.97 Å². The van der Waals surface area contributed by atoms with E-state index in [1.54, 1.807) is 12.1 Å². The van der Waals surface area contributed by atoms with Gasteiger partial charge in [-0.1, -0.05) is 65.7 Å². The summed E-state index contributed by atoms with van der Waals surface area (Å²) in [5, 5.41) is 19.3. The fraction of sp³-hybridized carbons (Fsp3) is 0.703. The van der Waals surface area contributed by atoms with Crippen LogP contribution in [0.5, 0.6) is 11.5 Å². The molecule has 1 aromatic rings. The molecule has 0 amide bonds. The van der Waals surface area contributed by atoms with E-state index in [4.69, 9.17) is 4.74 Å². The Morgan fingerprint density at radius 1 is 0.927 bits per heavy atom. The Hall–Kier alpha value is -2.23. The van der Waals surface area contributed by atoms with Crippen molar-refractivity contribution < 1.29 is 19.7 Å². The minimum Gasteiger partial charge on any atom is -0.504 e. The highest BCUT2D eigenvalue weighted by Crippen LogP contribution is 2.71. The molecule has 4 saturated carbocycles. The maximum absolute atomic E-state index is 12.9. The van der Waals surface area contributed by atoms with Gasteiger partial charge in [-0.3, -0.25) is 0 Å². The number of esters is 1. The molecular formula is C37H52O4. The van der Waals surface area contributed by atoms with Gasteiger partial charge in [-0.2, -0.15) is 0 Å². The Morgan fingerprint density at radius 2 is 1.71 bits per heavy atom. The van der Waals surface area contributed by atoms with Gasteiger partial charge < -0.3 is 14.9 Å². The molecule has 0 spiro atoms. The molecule has 5 aliphatic rings. The van der Waals surface area contributed by atoms with Crippen LogP contribution in [0.1, 0.15) is 111 Å². The largest absolute Gasteiger partial charge is 0.504 e. The van der Waals surface area contributed by atoms with E-state index >= 15 is 0 Å². The molecule has 0 heterocycles. The topological polar surface area (TPSA) is 66.8 Å². The number of benzene rings is 1. The van der Waals surface area contributed by atoms with E-state index in [1.807, 2.05) is 5.57 Å². The molecule has 4 fully saturated rings. The summed E-state index contributed by atoms with van der Waals surface area (Å²) in [6.45, 7) is 15.0. The Labute approximate surface area is 247 Å². The molecular weight excluding hydrogens is 508 g/mol. The van der Waals surface area contributed by atoms with Crippen molar-refractivity contribution in [3.05, 3.63) is 41.5 Å². The van der Waals surface area contributed by atoms with Gasteiger partial charge in [0.2, 0.25) is 0 Å². The summed E-state index contributed by atoms with van der Waals surface area (Å²) in [5.41, 5.74) is 3.45. The molecule has 5 aliphatic carbocycles. The summed E-state index contributed by atoms with van der Waals surface area (Å²) in [5.74, 6) is 3.03. The number of phenolic OH excluding ortho intramolecular Hbond substituents is 2. The van der Waals surface area contributed by atoms with E-state index in [9.17, 15) is 15.0 Å². The standard InChI is InChI=1S/C37H52O4/c1-23-13-17-35(4)18-14-26-25(27(35)21-23)9-11-31-36(26,5)19-15-30-34(2,3)32(16-20-37(30,31)6)41-33(40)12-8-24-7-10-28(38)29(39)22-24/h7-8,10,12,14,22-23,25,27,30-32,38-39H,9,11,13,15-21H2,1-6H3/b12-8+/t23-,25-,27+,30-,31-,32+,35+,36-,37-/m0/s1. The average molecular weight is 561 g/mol. The zero-order valence-corrected chi connectivity index (χ0v) is 26.2. The van der Waals surface area contributed by atoms with Gasteiger partial charge in [-0.25, -0.2) is 4.79 Å². The number of allylic oxidation sites excluding steroid dienone is 2. The van der Waals surface area contributed by atoms with Crippen LogP contribution in [0.25, 0.3) is 6.08 Å². The normalized spacial score (nSPS) is 43.2. The van der Waals surface area contributed by atoms with Crippen molar-refractivity contribution in [3.63, 3.8) is 0 Å². The summed E-state index contributed by atoms with van der Waals surface area (Å²) < 4.78 is 6.15. The summed E-state index contributed by atoms with van der Waals surface area (Å²) in [6.07, 6.45) is 18.4. The van der Waals surface area contributed by atoms with E-state index in [0.29, 0.717) is 28.2 Å². The number of phenols is 2. The van der Waals surface area contributed by atoms with Gasteiger partial charge in [0, 0.05) is 11.5 Å². The van der Waals surface area contributed by atoms with Crippen molar-refractivity contribution in [1.29, 1.82) is 0 Å². The fourth-order valence-electron chi connectivity index (χ4n) is 11.3. The Morgan fingerprint density at radius 3 is 2.46 bits per heavy atom. The first-order valence-electron chi connectivity index (χ1n) is 16.4. The van der Waals surface area contributed by atoms with Crippen LogP contribution in [0.3, 0.4) is 0 Å². The molecule has 0 bridgehead atoms. The lowest BCUT2D eigenvalue weighted by Gasteiger charge is -2.68. The summed E-state index contributed by atoms with van der Waals surface area (Å²) in [6, 6.07) is 4.53. The number of rotatable bonds is 3. The van der Waals surface area contributed by atoms with Gasteiger partial charge in [0.1, 0.15) is 6.10 Å². The number of aromatic hydroxyl groups is 2. The molecule has 1 aromatic carbocycles. The van der Waals surface area contributed by atoms with Crippen molar-refractivity contribution >= 4 is 12.0 Å². The third-order valence-corrected chi connectivity index (χ3v) is 13.5. The molecule has 0 saturated heterocycles. The molecule has 4 nitrogen and oxygen atoms in total. The minimum atomic E-state index is -0.336. The quantitative estimate of drug-likeness (QED) is 0.167. The van der Waals surface area contributed by atoms with Gasteiger partial charge in [0.05, 0.1) is 0 Å². The van der Waals surface area contributed by atoms with Crippen LogP contribution in [0.4, 0.5) is 0 Å².